The Bertz CT molecular complexity index is 430. The predicted molar refractivity (Wildman–Crippen MR) is 78.1 cm³/mol. The van der Waals surface area contributed by atoms with E-state index in [1.54, 1.807) is 0 Å². The van der Waals surface area contributed by atoms with Crippen LogP contribution in [0, 0.1) is 5.92 Å². The van der Waals surface area contributed by atoms with Crippen LogP contribution in [0.3, 0.4) is 0 Å². The molecule has 1 aliphatic heterocycles. The van der Waals surface area contributed by atoms with Gasteiger partial charge in [-0.2, -0.15) is 0 Å². The van der Waals surface area contributed by atoms with E-state index >= 15 is 0 Å². The first-order valence-electron chi connectivity index (χ1n) is 6.95. The van der Waals surface area contributed by atoms with Gasteiger partial charge in [-0.15, -0.1) is 0 Å². The quantitative estimate of drug-likeness (QED) is 0.920. The molecule has 0 aliphatic carbocycles. The molecule has 2 rings (SSSR count). The zero-order valence-electron chi connectivity index (χ0n) is 11.4. The van der Waals surface area contributed by atoms with Crippen LogP contribution >= 0.6 is 11.6 Å². The van der Waals surface area contributed by atoms with E-state index in [9.17, 15) is 4.79 Å². The number of amides is 1. The number of benzene rings is 1. The molecule has 1 aliphatic rings. The van der Waals surface area contributed by atoms with Crippen molar-refractivity contribution in [3.05, 3.63) is 34.9 Å². The van der Waals surface area contributed by atoms with Gasteiger partial charge in [0, 0.05) is 24.0 Å². The van der Waals surface area contributed by atoms with E-state index in [0.29, 0.717) is 6.54 Å². The van der Waals surface area contributed by atoms with Crippen molar-refractivity contribution in [1.82, 2.24) is 10.2 Å². The normalized spacial score (nSPS) is 16.3. The van der Waals surface area contributed by atoms with Crippen molar-refractivity contribution in [3.63, 3.8) is 0 Å². The Hall–Kier alpha value is -1.06. The maximum absolute atomic E-state index is 12.5. The molecule has 0 unspecified atom stereocenters. The monoisotopic (exact) mass is 280 g/mol. The molecule has 1 aromatic carbocycles. The Balaban J connectivity index is 2.03. The Morgan fingerprint density at radius 3 is 2.68 bits per heavy atom. The van der Waals surface area contributed by atoms with Crippen molar-refractivity contribution < 1.29 is 4.79 Å². The van der Waals surface area contributed by atoms with Gasteiger partial charge in [0.05, 0.1) is 0 Å². The van der Waals surface area contributed by atoms with Crippen molar-refractivity contribution in [2.75, 3.05) is 19.6 Å². The number of hydrogen-bond donors (Lipinski definition) is 1. The van der Waals surface area contributed by atoms with Crippen LogP contribution in [0.25, 0.3) is 0 Å². The second-order valence-corrected chi connectivity index (χ2v) is 5.38. The van der Waals surface area contributed by atoms with Gasteiger partial charge in [0.15, 0.2) is 0 Å². The summed E-state index contributed by atoms with van der Waals surface area (Å²) in [6, 6.07) is 7.74. The summed E-state index contributed by atoms with van der Waals surface area (Å²) in [5, 5.41) is 4.03. The number of hydrogen-bond acceptors (Lipinski definition) is 2. The van der Waals surface area contributed by atoms with Gasteiger partial charge in [-0.25, -0.2) is 0 Å². The van der Waals surface area contributed by atoms with Crippen LogP contribution in [0.5, 0.6) is 0 Å². The topological polar surface area (TPSA) is 32.3 Å². The van der Waals surface area contributed by atoms with Crippen LogP contribution in [-0.2, 0) is 11.3 Å². The summed E-state index contributed by atoms with van der Waals surface area (Å²) in [5.74, 6) is 0.438. The minimum atomic E-state index is 0.170. The van der Waals surface area contributed by atoms with Gasteiger partial charge in [0.25, 0.3) is 0 Å². The van der Waals surface area contributed by atoms with Crippen LogP contribution < -0.4 is 5.32 Å². The first-order chi connectivity index (χ1) is 9.22. The highest BCUT2D eigenvalue weighted by Gasteiger charge is 2.25. The SMILES string of the molecule is CCN(Cc1ccccc1Cl)C(=O)C1CCNCC1. The van der Waals surface area contributed by atoms with Crippen molar-refractivity contribution >= 4 is 17.5 Å². The Labute approximate surface area is 119 Å². The van der Waals surface area contributed by atoms with Gasteiger partial charge in [-0.05, 0) is 44.5 Å². The standard InChI is InChI=1S/C15H21ClN2O/c1-2-18(11-13-5-3-4-6-14(13)16)15(19)12-7-9-17-10-8-12/h3-6,12,17H,2,7-11H2,1H3. The van der Waals surface area contributed by atoms with Crippen molar-refractivity contribution in [2.24, 2.45) is 5.92 Å². The predicted octanol–water partition coefficient (Wildman–Crippen LogP) is 2.69. The molecule has 3 nitrogen and oxygen atoms in total. The Morgan fingerprint density at radius 2 is 2.05 bits per heavy atom. The third kappa shape index (κ3) is 3.71. The van der Waals surface area contributed by atoms with E-state index in [1.807, 2.05) is 36.1 Å². The molecule has 1 amide bonds. The zero-order chi connectivity index (χ0) is 13.7. The number of nitrogens with one attached hydrogen (secondary N) is 1. The number of carbonyl (C=O) groups excluding carboxylic acids is 1. The minimum Gasteiger partial charge on any atom is -0.338 e. The lowest BCUT2D eigenvalue weighted by atomic mass is 9.96. The van der Waals surface area contributed by atoms with E-state index in [-0.39, 0.29) is 11.8 Å². The van der Waals surface area contributed by atoms with Gasteiger partial charge in [-0.3, -0.25) is 4.79 Å². The molecule has 0 atom stereocenters. The first kappa shape index (κ1) is 14.4. The highest BCUT2D eigenvalue weighted by molar-refractivity contribution is 6.31. The molecular formula is C15H21ClN2O. The molecule has 104 valence electrons. The molecule has 1 fully saturated rings. The van der Waals surface area contributed by atoms with Crippen molar-refractivity contribution in [1.29, 1.82) is 0 Å². The van der Waals surface area contributed by atoms with E-state index in [0.717, 1.165) is 43.1 Å². The second kappa shape index (κ2) is 6.92. The highest BCUT2D eigenvalue weighted by atomic mass is 35.5. The molecule has 1 aromatic rings. The van der Waals surface area contributed by atoms with Gasteiger partial charge < -0.3 is 10.2 Å². The third-order valence-corrected chi connectivity index (χ3v) is 4.07. The van der Waals surface area contributed by atoms with Crippen molar-refractivity contribution in [2.45, 2.75) is 26.3 Å². The lowest BCUT2D eigenvalue weighted by molar-refractivity contribution is -0.136. The molecule has 0 spiro atoms. The Morgan fingerprint density at radius 1 is 1.37 bits per heavy atom. The summed E-state index contributed by atoms with van der Waals surface area (Å²) in [4.78, 5) is 14.4. The fraction of sp³-hybridized carbons (Fsp3) is 0.533. The molecule has 0 saturated carbocycles. The lowest BCUT2D eigenvalue weighted by Gasteiger charge is -2.29. The second-order valence-electron chi connectivity index (χ2n) is 4.97. The molecule has 0 radical (unpaired) electrons. The molecule has 1 saturated heterocycles. The van der Waals surface area contributed by atoms with Gasteiger partial charge in [-0.1, -0.05) is 29.8 Å². The van der Waals surface area contributed by atoms with Crippen LogP contribution in [-0.4, -0.2) is 30.4 Å². The average molecular weight is 281 g/mol. The van der Waals surface area contributed by atoms with Gasteiger partial charge in [0.2, 0.25) is 5.91 Å². The number of rotatable bonds is 4. The summed E-state index contributed by atoms with van der Waals surface area (Å²) >= 11 is 6.17. The van der Waals surface area contributed by atoms with E-state index in [2.05, 4.69) is 5.32 Å². The summed E-state index contributed by atoms with van der Waals surface area (Å²) in [5.41, 5.74) is 1.02. The molecule has 0 aromatic heterocycles. The van der Waals surface area contributed by atoms with Gasteiger partial charge >= 0.3 is 0 Å². The summed E-state index contributed by atoms with van der Waals surface area (Å²) < 4.78 is 0. The molecule has 0 bridgehead atoms. The van der Waals surface area contributed by atoms with Crippen LogP contribution in [0.1, 0.15) is 25.3 Å². The smallest absolute Gasteiger partial charge is 0.226 e. The maximum Gasteiger partial charge on any atom is 0.226 e. The summed E-state index contributed by atoms with van der Waals surface area (Å²) in [6.45, 7) is 5.25. The van der Waals surface area contributed by atoms with E-state index < -0.39 is 0 Å². The molecule has 1 heterocycles. The third-order valence-electron chi connectivity index (χ3n) is 3.70. The minimum absolute atomic E-state index is 0.170. The number of halogens is 1. The zero-order valence-corrected chi connectivity index (χ0v) is 12.1. The van der Waals surface area contributed by atoms with E-state index in [1.165, 1.54) is 0 Å². The van der Waals surface area contributed by atoms with Crippen LogP contribution in [0.4, 0.5) is 0 Å². The number of nitrogens with zero attached hydrogens (tertiary/aromatic N) is 1. The lowest BCUT2D eigenvalue weighted by Crippen LogP contribution is -2.40. The maximum atomic E-state index is 12.5. The molecule has 19 heavy (non-hydrogen) atoms. The van der Waals surface area contributed by atoms with Crippen molar-refractivity contribution in [3.8, 4) is 0 Å². The van der Waals surface area contributed by atoms with Crippen LogP contribution in [0.2, 0.25) is 5.02 Å². The molecule has 4 heteroatoms. The molecular weight excluding hydrogens is 260 g/mol. The van der Waals surface area contributed by atoms with E-state index in [4.69, 9.17) is 11.6 Å². The fourth-order valence-corrected chi connectivity index (χ4v) is 2.70. The average Bonchev–Trinajstić information content (AvgIpc) is 2.47. The Kier molecular flexibility index (Phi) is 5.23. The first-order valence-corrected chi connectivity index (χ1v) is 7.33. The fourth-order valence-electron chi connectivity index (χ4n) is 2.50. The molecule has 1 N–H and O–H groups in total. The van der Waals surface area contributed by atoms with Crippen LogP contribution in [0.15, 0.2) is 24.3 Å². The highest BCUT2D eigenvalue weighted by Crippen LogP contribution is 2.20. The summed E-state index contributed by atoms with van der Waals surface area (Å²) in [7, 11) is 0. The largest absolute Gasteiger partial charge is 0.338 e. The number of carbonyl (C=O) groups is 1. The summed E-state index contributed by atoms with van der Waals surface area (Å²) in [6.07, 6.45) is 1.88. The number of piperidine rings is 1. The van der Waals surface area contributed by atoms with Gasteiger partial charge in [0.1, 0.15) is 0 Å².